The van der Waals surface area contributed by atoms with Crippen molar-refractivity contribution in [2.75, 3.05) is 10.7 Å². The molecule has 2 fully saturated rings. The molecule has 33 heavy (non-hydrogen) atoms. The van der Waals surface area contributed by atoms with Crippen LogP contribution in [-0.2, 0) is 17.6 Å². The molecule has 2 saturated heterocycles. The Morgan fingerprint density at radius 2 is 1.82 bits per heavy atom. The van der Waals surface area contributed by atoms with Crippen LogP contribution >= 0.6 is 23.5 Å². The molecule has 1 aliphatic carbocycles. The predicted octanol–water partition coefficient (Wildman–Crippen LogP) is 4.41. The second-order valence-electron chi connectivity index (χ2n) is 8.06. The van der Waals surface area contributed by atoms with Crippen LogP contribution in [0.2, 0.25) is 0 Å². The van der Waals surface area contributed by atoms with Crippen LogP contribution in [0.3, 0.4) is 0 Å². The molecule has 0 spiro atoms. The van der Waals surface area contributed by atoms with Gasteiger partial charge in [-0.25, -0.2) is 0 Å². The number of nitrogens with one attached hydrogen (secondary N) is 1. The van der Waals surface area contributed by atoms with Crippen molar-refractivity contribution in [1.82, 2.24) is 5.32 Å². The van der Waals surface area contributed by atoms with E-state index in [1.165, 1.54) is 34.2 Å². The van der Waals surface area contributed by atoms with Crippen molar-refractivity contribution in [2.45, 2.75) is 37.4 Å². The minimum absolute atomic E-state index is 0.0448. The minimum atomic E-state index is -0.544. The highest BCUT2D eigenvalue weighted by molar-refractivity contribution is 8.15. The second-order valence-corrected chi connectivity index (χ2v) is 10.2. The number of thioether (sulfide) groups is 2. The van der Waals surface area contributed by atoms with Gasteiger partial charge in [0.1, 0.15) is 5.84 Å². The normalized spacial score (nSPS) is 22.7. The molecule has 0 saturated carbocycles. The molecule has 2 aliphatic heterocycles. The topological polar surface area (TPSA) is 91.2 Å². The number of fused-ring (bicyclic) bond motifs is 1. The SMILES string of the molecule is O=C(CC1S/C(=N/N=C2\CSC(=O)N2c2ccccc2)NC1=O)c1ccc2c(c1)CCCC2. The number of benzene rings is 2. The van der Waals surface area contributed by atoms with Gasteiger partial charge in [0.15, 0.2) is 11.0 Å². The number of hydrogen-bond acceptors (Lipinski definition) is 7. The van der Waals surface area contributed by atoms with Gasteiger partial charge in [-0.3, -0.25) is 19.3 Å². The van der Waals surface area contributed by atoms with E-state index in [-0.39, 0.29) is 23.4 Å². The third-order valence-corrected chi connectivity index (χ3v) is 7.76. The van der Waals surface area contributed by atoms with Crippen molar-refractivity contribution in [1.29, 1.82) is 0 Å². The molecule has 2 heterocycles. The third kappa shape index (κ3) is 4.74. The molecular weight excluding hydrogens is 456 g/mol. The largest absolute Gasteiger partial charge is 0.303 e. The van der Waals surface area contributed by atoms with Crippen LogP contribution in [0.1, 0.15) is 40.7 Å². The zero-order chi connectivity index (χ0) is 22.8. The number of amidine groups is 2. The van der Waals surface area contributed by atoms with Gasteiger partial charge < -0.3 is 5.32 Å². The maximum absolute atomic E-state index is 12.8. The lowest BCUT2D eigenvalue weighted by Crippen LogP contribution is -2.28. The Morgan fingerprint density at radius 3 is 2.64 bits per heavy atom. The number of rotatable bonds is 5. The van der Waals surface area contributed by atoms with Crippen LogP contribution in [0.4, 0.5) is 10.5 Å². The Balaban J connectivity index is 1.26. The van der Waals surface area contributed by atoms with Crippen LogP contribution in [0.25, 0.3) is 0 Å². The fraction of sp³-hybridized carbons (Fsp3) is 0.292. The smallest absolute Gasteiger partial charge is 0.292 e. The van der Waals surface area contributed by atoms with E-state index < -0.39 is 5.25 Å². The maximum Gasteiger partial charge on any atom is 0.292 e. The summed E-state index contributed by atoms with van der Waals surface area (Å²) in [6, 6.07) is 15.2. The highest BCUT2D eigenvalue weighted by atomic mass is 32.2. The van der Waals surface area contributed by atoms with E-state index in [0.717, 1.165) is 36.7 Å². The summed E-state index contributed by atoms with van der Waals surface area (Å²) in [5, 5.41) is 10.8. The number of carbonyl (C=O) groups excluding carboxylic acids is 3. The van der Waals surface area contributed by atoms with E-state index >= 15 is 0 Å². The van der Waals surface area contributed by atoms with E-state index in [9.17, 15) is 14.4 Å². The molecule has 1 atom stereocenters. The Kier molecular flexibility index (Phi) is 6.32. The summed E-state index contributed by atoms with van der Waals surface area (Å²) in [7, 11) is 0. The Morgan fingerprint density at radius 1 is 1.03 bits per heavy atom. The molecule has 2 amide bonds. The monoisotopic (exact) mass is 478 g/mol. The zero-order valence-corrected chi connectivity index (χ0v) is 19.5. The van der Waals surface area contributed by atoms with Crippen molar-refractivity contribution in [3.8, 4) is 0 Å². The molecule has 5 rings (SSSR count). The van der Waals surface area contributed by atoms with Crippen molar-refractivity contribution in [3.63, 3.8) is 0 Å². The number of para-hydroxylation sites is 1. The summed E-state index contributed by atoms with van der Waals surface area (Å²) in [6.45, 7) is 0. The molecule has 3 aliphatic rings. The molecule has 9 heteroatoms. The zero-order valence-electron chi connectivity index (χ0n) is 17.8. The highest BCUT2D eigenvalue weighted by Crippen LogP contribution is 2.29. The van der Waals surface area contributed by atoms with E-state index in [1.54, 1.807) is 0 Å². The van der Waals surface area contributed by atoms with Gasteiger partial charge in [0.05, 0.1) is 16.7 Å². The molecule has 1 unspecified atom stereocenters. The second kappa shape index (κ2) is 9.52. The minimum Gasteiger partial charge on any atom is -0.303 e. The molecule has 7 nitrogen and oxygen atoms in total. The molecule has 1 N–H and O–H groups in total. The molecule has 0 bridgehead atoms. The van der Waals surface area contributed by atoms with E-state index in [0.29, 0.717) is 22.3 Å². The van der Waals surface area contributed by atoms with Crippen LogP contribution in [-0.4, -0.2) is 38.9 Å². The van der Waals surface area contributed by atoms with Gasteiger partial charge in [-0.1, -0.05) is 53.9 Å². The fourth-order valence-electron chi connectivity index (χ4n) is 4.15. The molecule has 168 valence electrons. The molecular formula is C24H22N4O3S2. The van der Waals surface area contributed by atoms with Gasteiger partial charge in [-0.2, -0.15) is 0 Å². The van der Waals surface area contributed by atoms with Gasteiger partial charge in [0, 0.05) is 12.0 Å². The Bertz CT molecular complexity index is 1180. The van der Waals surface area contributed by atoms with Crippen molar-refractivity contribution >= 4 is 57.1 Å². The first kappa shape index (κ1) is 21.9. The molecule has 2 aromatic carbocycles. The lowest BCUT2D eigenvalue weighted by molar-refractivity contribution is -0.118. The predicted molar refractivity (Wildman–Crippen MR) is 133 cm³/mol. The number of Topliss-reactive ketones (excluding diaryl/α,β-unsaturated/α-hetero) is 1. The summed E-state index contributed by atoms with van der Waals surface area (Å²) in [5.74, 6) is 0.620. The van der Waals surface area contributed by atoms with Gasteiger partial charge in [0.2, 0.25) is 5.91 Å². The lowest BCUT2D eigenvalue weighted by Gasteiger charge is -2.16. The number of aryl methyl sites for hydroxylation is 2. The number of ketones is 1. The summed E-state index contributed by atoms with van der Waals surface area (Å²) in [6.07, 6.45) is 4.53. The standard InChI is InChI=1S/C24H22N4O3S2/c29-19(17-11-10-15-6-4-5-7-16(15)12-17)13-20-22(30)25-23(33-20)27-26-21-14-32-24(31)28(21)18-8-2-1-3-9-18/h1-3,8-12,20H,4-7,13-14H2,(H,25,27,30)/b26-21+. The lowest BCUT2D eigenvalue weighted by atomic mass is 9.89. The highest BCUT2D eigenvalue weighted by Gasteiger charge is 2.33. The van der Waals surface area contributed by atoms with Gasteiger partial charge in [0.25, 0.3) is 5.24 Å². The number of anilines is 1. The first-order chi connectivity index (χ1) is 16.1. The number of carbonyl (C=O) groups is 3. The summed E-state index contributed by atoms with van der Waals surface area (Å²) < 4.78 is 0. The van der Waals surface area contributed by atoms with Gasteiger partial charge in [-0.15, -0.1) is 10.2 Å². The molecule has 0 radical (unpaired) electrons. The Hall–Kier alpha value is -2.91. The van der Waals surface area contributed by atoms with Crippen LogP contribution in [0, 0.1) is 0 Å². The van der Waals surface area contributed by atoms with E-state index in [4.69, 9.17) is 0 Å². The quantitative estimate of drug-likeness (QED) is 0.508. The first-order valence-corrected chi connectivity index (χ1v) is 12.7. The molecule has 0 aromatic heterocycles. The molecule has 2 aromatic rings. The fourth-order valence-corrected chi connectivity index (χ4v) is 5.85. The summed E-state index contributed by atoms with van der Waals surface area (Å²) in [4.78, 5) is 39.1. The van der Waals surface area contributed by atoms with Crippen LogP contribution < -0.4 is 10.2 Å². The van der Waals surface area contributed by atoms with Crippen LogP contribution in [0.5, 0.6) is 0 Å². The maximum atomic E-state index is 12.8. The number of nitrogens with zero attached hydrogens (tertiary/aromatic N) is 3. The van der Waals surface area contributed by atoms with E-state index in [2.05, 4.69) is 15.5 Å². The van der Waals surface area contributed by atoms with Crippen LogP contribution in [0.15, 0.2) is 58.7 Å². The van der Waals surface area contributed by atoms with Gasteiger partial charge >= 0.3 is 0 Å². The van der Waals surface area contributed by atoms with Crippen molar-refractivity contribution < 1.29 is 14.4 Å². The summed E-state index contributed by atoms with van der Waals surface area (Å²) in [5.41, 5.74) is 3.96. The summed E-state index contributed by atoms with van der Waals surface area (Å²) >= 11 is 2.36. The number of hydrogen-bond donors (Lipinski definition) is 1. The van der Waals surface area contributed by atoms with Crippen molar-refractivity contribution in [3.05, 3.63) is 65.2 Å². The first-order valence-electron chi connectivity index (χ1n) is 10.9. The average molecular weight is 479 g/mol. The third-order valence-electron chi connectivity index (χ3n) is 5.85. The van der Waals surface area contributed by atoms with Gasteiger partial charge in [-0.05, 0) is 55.0 Å². The van der Waals surface area contributed by atoms with E-state index in [1.807, 2.05) is 48.5 Å². The average Bonchev–Trinajstić information content (AvgIpc) is 3.39. The van der Waals surface area contributed by atoms with Crippen molar-refractivity contribution in [2.24, 2.45) is 10.2 Å². The Labute approximate surface area is 200 Å². The number of amides is 2.